The molecular formula is C15H12BrFO. The minimum absolute atomic E-state index is 0.156. The molecule has 0 aromatic heterocycles. The van der Waals surface area contributed by atoms with Crippen molar-refractivity contribution in [1.82, 2.24) is 0 Å². The SMILES string of the molecule is OC1CC(c2ccc(F)cc2)c2ccc(Br)cc21. The van der Waals surface area contributed by atoms with E-state index in [-0.39, 0.29) is 11.7 Å². The van der Waals surface area contributed by atoms with Gasteiger partial charge in [0.05, 0.1) is 6.10 Å². The largest absolute Gasteiger partial charge is 0.388 e. The van der Waals surface area contributed by atoms with Gasteiger partial charge in [-0.1, -0.05) is 34.1 Å². The number of rotatable bonds is 1. The van der Waals surface area contributed by atoms with Gasteiger partial charge in [-0.15, -0.1) is 0 Å². The number of halogens is 2. The highest BCUT2D eigenvalue weighted by Gasteiger charge is 2.30. The van der Waals surface area contributed by atoms with Crippen LogP contribution in [0.2, 0.25) is 0 Å². The summed E-state index contributed by atoms with van der Waals surface area (Å²) < 4.78 is 13.9. The van der Waals surface area contributed by atoms with Crippen molar-refractivity contribution in [2.75, 3.05) is 0 Å². The molecule has 1 N–H and O–H groups in total. The summed E-state index contributed by atoms with van der Waals surface area (Å²) in [4.78, 5) is 0. The summed E-state index contributed by atoms with van der Waals surface area (Å²) in [5.41, 5.74) is 3.16. The molecule has 1 nitrogen and oxygen atoms in total. The summed E-state index contributed by atoms with van der Waals surface area (Å²) in [6, 6.07) is 12.5. The molecule has 0 fully saturated rings. The Morgan fingerprint density at radius 1 is 1.06 bits per heavy atom. The van der Waals surface area contributed by atoms with E-state index in [2.05, 4.69) is 15.9 Å². The Kier molecular flexibility index (Phi) is 2.96. The summed E-state index contributed by atoms with van der Waals surface area (Å²) in [6.07, 6.45) is 0.227. The van der Waals surface area contributed by atoms with Gasteiger partial charge in [-0.05, 0) is 47.4 Å². The van der Waals surface area contributed by atoms with Gasteiger partial charge in [-0.2, -0.15) is 0 Å². The van der Waals surface area contributed by atoms with Crippen molar-refractivity contribution in [3.8, 4) is 0 Å². The van der Waals surface area contributed by atoms with Crippen LogP contribution in [0.5, 0.6) is 0 Å². The van der Waals surface area contributed by atoms with Crippen LogP contribution < -0.4 is 0 Å². The Morgan fingerprint density at radius 2 is 1.78 bits per heavy atom. The normalized spacial score (nSPS) is 21.9. The lowest BCUT2D eigenvalue weighted by atomic mass is 9.93. The third-order valence-electron chi connectivity index (χ3n) is 3.51. The Balaban J connectivity index is 2.05. The Morgan fingerprint density at radius 3 is 2.50 bits per heavy atom. The first-order chi connectivity index (χ1) is 8.65. The van der Waals surface area contributed by atoms with Crippen LogP contribution in [0.15, 0.2) is 46.9 Å². The molecule has 3 heteroatoms. The molecule has 1 aliphatic carbocycles. The van der Waals surface area contributed by atoms with Gasteiger partial charge in [0, 0.05) is 10.4 Å². The lowest BCUT2D eigenvalue weighted by Crippen LogP contribution is -1.96. The molecule has 2 unspecified atom stereocenters. The number of hydrogen-bond acceptors (Lipinski definition) is 1. The number of hydrogen-bond donors (Lipinski definition) is 1. The van der Waals surface area contributed by atoms with E-state index < -0.39 is 6.10 Å². The van der Waals surface area contributed by atoms with E-state index in [1.807, 2.05) is 18.2 Å². The molecular weight excluding hydrogens is 295 g/mol. The van der Waals surface area contributed by atoms with Crippen molar-refractivity contribution in [2.24, 2.45) is 0 Å². The van der Waals surface area contributed by atoms with Crippen molar-refractivity contribution in [3.05, 3.63) is 69.4 Å². The molecule has 2 aromatic carbocycles. The average Bonchev–Trinajstić information content (AvgIpc) is 2.68. The summed E-state index contributed by atoms with van der Waals surface area (Å²) in [5, 5.41) is 10.1. The van der Waals surface area contributed by atoms with E-state index in [0.29, 0.717) is 6.42 Å². The van der Waals surface area contributed by atoms with Gasteiger partial charge in [0.15, 0.2) is 0 Å². The molecule has 0 spiro atoms. The highest BCUT2D eigenvalue weighted by atomic mass is 79.9. The van der Waals surface area contributed by atoms with E-state index in [4.69, 9.17) is 0 Å². The van der Waals surface area contributed by atoms with E-state index in [1.165, 1.54) is 12.1 Å². The number of fused-ring (bicyclic) bond motifs is 1. The maximum atomic E-state index is 12.9. The lowest BCUT2D eigenvalue weighted by Gasteiger charge is -2.11. The smallest absolute Gasteiger partial charge is 0.123 e. The van der Waals surface area contributed by atoms with E-state index in [1.54, 1.807) is 12.1 Å². The van der Waals surface area contributed by atoms with Gasteiger partial charge in [-0.25, -0.2) is 4.39 Å². The summed E-state index contributed by atoms with van der Waals surface area (Å²) in [5.74, 6) is -0.0722. The Bertz CT molecular complexity index is 580. The predicted octanol–water partition coefficient (Wildman–Crippen LogP) is 4.16. The van der Waals surface area contributed by atoms with Gasteiger partial charge in [0.2, 0.25) is 0 Å². The van der Waals surface area contributed by atoms with Crippen LogP contribution >= 0.6 is 15.9 Å². The second-order valence-corrected chi connectivity index (χ2v) is 5.54. The van der Waals surface area contributed by atoms with Crippen molar-refractivity contribution >= 4 is 15.9 Å². The highest BCUT2D eigenvalue weighted by molar-refractivity contribution is 9.10. The molecule has 18 heavy (non-hydrogen) atoms. The molecule has 0 amide bonds. The number of aliphatic hydroxyl groups is 1. The molecule has 3 rings (SSSR count). The van der Waals surface area contributed by atoms with Crippen LogP contribution in [-0.4, -0.2) is 5.11 Å². The van der Waals surface area contributed by atoms with Crippen molar-refractivity contribution in [3.63, 3.8) is 0 Å². The zero-order valence-corrected chi connectivity index (χ0v) is 11.2. The molecule has 0 aliphatic heterocycles. The van der Waals surface area contributed by atoms with Gasteiger partial charge < -0.3 is 5.11 Å². The van der Waals surface area contributed by atoms with Crippen molar-refractivity contribution in [2.45, 2.75) is 18.4 Å². The maximum Gasteiger partial charge on any atom is 0.123 e. The fourth-order valence-corrected chi connectivity index (χ4v) is 3.02. The van der Waals surface area contributed by atoms with E-state index in [9.17, 15) is 9.50 Å². The van der Waals surface area contributed by atoms with Crippen LogP contribution in [0.1, 0.15) is 35.1 Å². The molecule has 0 bridgehead atoms. The summed E-state index contributed by atoms with van der Waals surface area (Å²) in [7, 11) is 0. The summed E-state index contributed by atoms with van der Waals surface area (Å²) in [6.45, 7) is 0. The van der Waals surface area contributed by atoms with Gasteiger partial charge >= 0.3 is 0 Å². The van der Waals surface area contributed by atoms with Gasteiger partial charge in [0.25, 0.3) is 0 Å². The molecule has 2 aromatic rings. The van der Waals surface area contributed by atoms with Crippen LogP contribution in [0.4, 0.5) is 4.39 Å². The number of benzene rings is 2. The predicted molar refractivity (Wildman–Crippen MR) is 72.0 cm³/mol. The van der Waals surface area contributed by atoms with Crippen LogP contribution in [0.25, 0.3) is 0 Å². The fourth-order valence-electron chi connectivity index (χ4n) is 2.64. The van der Waals surface area contributed by atoms with Crippen molar-refractivity contribution in [1.29, 1.82) is 0 Å². The Labute approximate surface area is 113 Å². The first-order valence-electron chi connectivity index (χ1n) is 5.88. The van der Waals surface area contributed by atoms with Crippen LogP contribution in [0, 0.1) is 5.82 Å². The number of aliphatic hydroxyl groups excluding tert-OH is 1. The standard InChI is InChI=1S/C15H12BrFO/c16-10-3-6-12-13(8-15(18)14(12)7-10)9-1-4-11(17)5-2-9/h1-7,13,15,18H,8H2. The zero-order chi connectivity index (χ0) is 12.7. The van der Waals surface area contributed by atoms with E-state index in [0.717, 1.165) is 21.2 Å². The molecule has 0 radical (unpaired) electrons. The maximum absolute atomic E-state index is 12.9. The third-order valence-corrected chi connectivity index (χ3v) is 4.01. The fraction of sp³-hybridized carbons (Fsp3) is 0.200. The lowest BCUT2D eigenvalue weighted by molar-refractivity contribution is 0.176. The topological polar surface area (TPSA) is 20.2 Å². The summed E-state index contributed by atoms with van der Waals surface area (Å²) >= 11 is 3.42. The molecule has 0 heterocycles. The minimum Gasteiger partial charge on any atom is -0.388 e. The van der Waals surface area contributed by atoms with Gasteiger partial charge in [0.1, 0.15) is 5.82 Å². The second-order valence-electron chi connectivity index (χ2n) is 4.63. The molecule has 92 valence electrons. The third kappa shape index (κ3) is 1.98. The minimum atomic E-state index is -0.437. The van der Waals surface area contributed by atoms with Crippen LogP contribution in [0.3, 0.4) is 0 Å². The average molecular weight is 307 g/mol. The monoisotopic (exact) mass is 306 g/mol. The first kappa shape index (κ1) is 11.9. The zero-order valence-electron chi connectivity index (χ0n) is 9.61. The molecule has 1 aliphatic rings. The molecule has 2 atom stereocenters. The quantitative estimate of drug-likeness (QED) is 0.839. The van der Waals surface area contributed by atoms with Crippen molar-refractivity contribution < 1.29 is 9.50 Å². The van der Waals surface area contributed by atoms with Gasteiger partial charge in [-0.3, -0.25) is 0 Å². The van der Waals surface area contributed by atoms with E-state index >= 15 is 0 Å². The molecule has 0 saturated heterocycles. The molecule has 0 saturated carbocycles. The second kappa shape index (κ2) is 4.48. The van der Waals surface area contributed by atoms with Crippen LogP contribution in [-0.2, 0) is 0 Å². The highest BCUT2D eigenvalue weighted by Crippen LogP contribution is 2.44. The Hall–Kier alpha value is -1.19. The first-order valence-corrected chi connectivity index (χ1v) is 6.67.